The van der Waals surface area contributed by atoms with E-state index in [9.17, 15) is 9.59 Å². The number of nitrogens with one attached hydrogen (secondary N) is 2. The van der Waals surface area contributed by atoms with E-state index in [2.05, 4.69) is 40.3 Å². The van der Waals surface area contributed by atoms with Crippen LogP contribution in [0.25, 0.3) is 10.9 Å². The first-order valence-corrected chi connectivity index (χ1v) is 10.1. The van der Waals surface area contributed by atoms with E-state index in [0.29, 0.717) is 25.2 Å². The number of para-hydroxylation sites is 1. The first kappa shape index (κ1) is 21.4. The molecule has 0 unspecified atom stereocenters. The summed E-state index contributed by atoms with van der Waals surface area (Å²) in [5.41, 5.74) is 3.30. The van der Waals surface area contributed by atoms with Gasteiger partial charge in [0.15, 0.2) is 0 Å². The molecule has 0 aliphatic heterocycles. The molecule has 2 aromatic carbocycles. The molecule has 0 aliphatic carbocycles. The molecule has 6 nitrogen and oxygen atoms in total. The highest BCUT2D eigenvalue weighted by Crippen LogP contribution is 2.18. The number of carbonyl (C=O) groups excluding carboxylic acids is 2. The number of carbonyl (C=O) groups is 2. The van der Waals surface area contributed by atoms with Gasteiger partial charge in [0.05, 0.1) is 0 Å². The quantitative estimate of drug-likeness (QED) is 0.636. The van der Waals surface area contributed by atoms with Gasteiger partial charge in [-0.3, -0.25) is 4.79 Å². The van der Waals surface area contributed by atoms with Gasteiger partial charge in [0, 0.05) is 36.4 Å². The number of aryl methyl sites for hydroxylation is 1. The molecule has 0 saturated carbocycles. The Labute approximate surface area is 177 Å². The molecule has 0 fully saturated rings. The van der Waals surface area contributed by atoms with Gasteiger partial charge in [0.25, 0.3) is 5.91 Å². The van der Waals surface area contributed by atoms with Gasteiger partial charge < -0.3 is 19.9 Å². The van der Waals surface area contributed by atoms with Crippen LogP contribution in [-0.2, 0) is 17.8 Å². The molecule has 0 atom stereocenters. The van der Waals surface area contributed by atoms with Crippen LogP contribution in [-0.4, -0.2) is 28.7 Å². The number of fused-ring (bicyclic) bond motifs is 1. The number of aromatic nitrogens is 1. The molecule has 6 heteroatoms. The molecule has 2 amide bonds. The first-order valence-electron chi connectivity index (χ1n) is 10.1. The molecule has 0 spiro atoms. The van der Waals surface area contributed by atoms with Gasteiger partial charge in [-0.05, 0) is 62.9 Å². The van der Waals surface area contributed by atoms with Gasteiger partial charge in [-0.25, -0.2) is 4.79 Å². The molecule has 0 radical (unpaired) electrons. The van der Waals surface area contributed by atoms with E-state index in [1.807, 2.05) is 45.0 Å². The minimum atomic E-state index is -0.530. The summed E-state index contributed by atoms with van der Waals surface area (Å²) in [4.78, 5) is 24.2. The van der Waals surface area contributed by atoms with Crippen LogP contribution >= 0.6 is 0 Å². The molecule has 2 N–H and O–H groups in total. The van der Waals surface area contributed by atoms with Crippen molar-refractivity contribution < 1.29 is 14.3 Å². The number of nitrogens with zero attached hydrogens (tertiary/aromatic N) is 1. The van der Waals surface area contributed by atoms with E-state index >= 15 is 0 Å². The standard InChI is InChI=1S/C24H29N3O3/c1-17-15-20-7-5-6-8-21(20)27(17)14-13-25-22(28)19-11-9-18(10-12-19)16-26-23(29)30-24(2,3)4/h5-12,15H,13-14,16H2,1-4H3,(H,25,28)(H,26,29). The van der Waals surface area contributed by atoms with Crippen LogP contribution in [0, 0.1) is 6.92 Å². The van der Waals surface area contributed by atoms with Gasteiger partial charge in [-0.1, -0.05) is 30.3 Å². The molecule has 0 saturated heterocycles. The Bertz CT molecular complexity index is 1030. The average Bonchev–Trinajstić information content (AvgIpc) is 3.01. The lowest BCUT2D eigenvalue weighted by molar-refractivity contribution is 0.0523. The van der Waals surface area contributed by atoms with Crippen LogP contribution in [0.2, 0.25) is 0 Å². The number of alkyl carbamates (subject to hydrolysis) is 1. The molecule has 158 valence electrons. The highest BCUT2D eigenvalue weighted by atomic mass is 16.6. The molecule has 0 aliphatic rings. The van der Waals surface area contributed by atoms with Crippen molar-refractivity contribution in [1.82, 2.24) is 15.2 Å². The van der Waals surface area contributed by atoms with Crippen molar-refractivity contribution in [3.63, 3.8) is 0 Å². The maximum Gasteiger partial charge on any atom is 0.407 e. The van der Waals surface area contributed by atoms with Crippen molar-refractivity contribution in [3.8, 4) is 0 Å². The Balaban J connectivity index is 1.50. The van der Waals surface area contributed by atoms with Crippen molar-refractivity contribution >= 4 is 22.9 Å². The van der Waals surface area contributed by atoms with Crippen LogP contribution in [0.1, 0.15) is 42.4 Å². The maximum absolute atomic E-state index is 12.4. The summed E-state index contributed by atoms with van der Waals surface area (Å²) in [6, 6.07) is 17.6. The van der Waals surface area contributed by atoms with E-state index < -0.39 is 11.7 Å². The van der Waals surface area contributed by atoms with Crippen LogP contribution in [0.4, 0.5) is 4.79 Å². The van der Waals surface area contributed by atoms with Crippen molar-refractivity contribution in [1.29, 1.82) is 0 Å². The zero-order chi connectivity index (χ0) is 21.7. The Morgan fingerprint density at radius 3 is 2.40 bits per heavy atom. The van der Waals surface area contributed by atoms with Gasteiger partial charge >= 0.3 is 6.09 Å². The third-order valence-corrected chi connectivity index (χ3v) is 4.69. The summed E-state index contributed by atoms with van der Waals surface area (Å²) in [5, 5.41) is 6.89. The highest BCUT2D eigenvalue weighted by molar-refractivity contribution is 5.94. The number of hydrogen-bond acceptors (Lipinski definition) is 3. The highest BCUT2D eigenvalue weighted by Gasteiger charge is 2.15. The number of benzene rings is 2. The maximum atomic E-state index is 12.4. The molecule has 1 heterocycles. The minimum absolute atomic E-state index is 0.115. The number of amides is 2. The van der Waals surface area contributed by atoms with E-state index in [1.54, 1.807) is 12.1 Å². The number of ether oxygens (including phenoxy) is 1. The SMILES string of the molecule is Cc1cc2ccccc2n1CCNC(=O)c1ccc(CNC(=O)OC(C)(C)C)cc1. The summed E-state index contributed by atoms with van der Waals surface area (Å²) in [6.45, 7) is 9.13. The van der Waals surface area contributed by atoms with Gasteiger partial charge in [0.1, 0.15) is 5.60 Å². The number of rotatable bonds is 6. The fourth-order valence-electron chi connectivity index (χ4n) is 3.29. The van der Waals surface area contributed by atoms with Gasteiger partial charge in [0.2, 0.25) is 0 Å². The Morgan fingerprint density at radius 2 is 1.70 bits per heavy atom. The van der Waals surface area contributed by atoms with E-state index in [-0.39, 0.29) is 5.91 Å². The zero-order valence-corrected chi connectivity index (χ0v) is 18.0. The average molecular weight is 408 g/mol. The van der Waals surface area contributed by atoms with Crippen LogP contribution in [0.5, 0.6) is 0 Å². The largest absolute Gasteiger partial charge is 0.444 e. The second-order valence-corrected chi connectivity index (χ2v) is 8.30. The lowest BCUT2D eigenvalue weighted by Gasteiger charge is -2.19. The topological polar surface area (TPSA) is 72.4 Å². The fourth-order valence-corrected chi connectivity index (χ4v) is 3.29. The molecule has 1 aromatic heterocycles. The Morgan fingerprint density at radius 1 is 1.00 bits per heavy atom. The summed E-state index contributed by atoms with van der Waals surface area (Å²) < 4.78 is 7.42. The molecular weight excluding hydrogens is 378 g/mol. The molecular formula is C24H29N3O3. The second-order valence-electron chi connectivity index (χ2n) is 8.30. The monoisotopic (exact) mass is 407 g/mol. The van der Waals surface area contributed by atoms with Crippen molar-refractivity contribution in [2.75, 3.05) is 6.54 Å². The van der Waals surface area contributed by atoms with E-state index in [4.69, 9.17) is 4.74 Å². The van der Waals surface area contributed by atoms with Crippen LogP contribution < -0.4 is 10.6 Å². The first-order chi connectivity index (χ1) is 14.2. The van der Waals surface area contributed by atoms with E-state index in [1.165, 1.54) is 16.6 Å². The van der Waals surface area contributed by atoms with Crippen molar-refractivity contribution in [2.45, 2.75) is 46.4 Å². The van der Waals surface area contributed by atoms with E-state index in [0.717, 1.165) is 5.56 Å². The van der Waals surface area contributed by atoms with Gasteiger partial charge in [-0.15, -0.1) is 0 Å². The van der Waals surface area contributed by atoms with Gasteiger partial charge in [-0.2, -0.15) is 0 Å². The second kappa shape index (κ2) is 9.03. The normalized spacial score (nSPS) is 11.3. The predicted octanol–water partition coefficient (Wildman–Crippen LogP) is 4.40. The third-order valence-electron chi connectivity index (χ3n) is 4.69. The smallest absolute Gasteiger partial charge is 0.407 e. The van der Waals surface area contributed by atoms with Crippen molar-refractivity contribution in [2.24, 2.45) is 0 Å². The third kappa shape index (κ3) is 5.63. The summed E-state index contributed by atoms with van der Waals surface area (Å²) >= 11 is 0. The van der Waals surface area contributed by atoms with Crippen LogP contribution in [0.3, 0.4) is 0 Å². The van der Waals surface area contributed by atoms with Crippen LogP contribution in [0.15, 0.2) is 54.6 Å². The van der Waals surface area contributed by atoms with Crippen molar-refractivity contribution in [3.05, 3.63) is 71.4 Å². The summed E-state index contributed by atoms with van der Waals surface area (Å²) in [6.07, 6.45) is -0.461. The lowest BCUT2D eigenvalue weighted by Crippen LogP contribution is -2.32. The molecule has 3 aromatic rings. The Kier molecular flexibility index (Phi) is 6.45. The zero-order valence-electron chi connectivity index (χ0n) is 18.0. The summed E-state index contributed by atoms with van der Waals surface area (Å²) in [5.74, 6) is -0.115. The minimum Gasteiger partial charge on any atom is -0.444 e. The molecule has 30 heavy (non-hydrogen) atoms. The lowest BCUT2D eigenvalue weighted by atomic mass is 10.1. The summed E-state index contributed by atoms with van der Waals surface area (Å²) in [7, 11) is 0. The fraction of sp³-hybridized carbons (Fsp3) is 0.333. The molecule has 3 rings (SSSR count). The number of hydrogen-bond donors (Lipinski definition) is 2. The predicted molar refractivity (Wildman–Crippen MR) is 119 cm³/mol. The molecule has 0 bridgehead atoms. The Hall–Kier alpha value is -3.28.